The Bertz CT molecular complexity index is 352. The van der Waals surface area contributed by atoms with Crippen LogP contribution in [0, 0.1) is 5.41 Å². The summed E-state index contributed by atoms with van der Waals surface area (Å²) in [6.07, 6.45) is 3.97. The fraction of sp³-hybridized carbons (Fsp3) is 0.692. The second-order valence-corrected chi connectivity index (χ2v) is 5.71. The van der Waals surface area contributed by atoms with Crippen molar-refractivity contribution in [2.24, 2.45) is 5.41 Å². The van der Waals surface area contributed by atoms with Crippen molar-refractivity contribution in [3.63, 3.8) is 0 Å². The zero-order valence-electron chi connectivity index (χ0n) is 10.6. The molecule has 0 saturated carbocycles. The number of imide groups is 1. The molecule has 0 radical (unpaired) electrons. The maximum Gasteiger partial charge on any atom is 0.230 e. The third kappa shape index (κ3) is 2.94. The van der Waals surface area contributed by atoms with E-state index in [0.717, 1.165) is 19.5 Å². The Morgan fingerprint density at radius 3 is 2.47 bits per heavy atom. The monoisotopic (exact) mass is 236 g/mol. The molecule has 0 atom stereocenters. The average Bonchev–Trinajstić information content (AvgIpc) is 2.24. The van der Waals surface area contributed by atoms with Crippen molar-refractivity contribution >= 4 is 11.8 Å². The second kappa shape index (κ2) is 4.61. The molecule has 1 fully saturated rings. The minimum absolute atomic E-state index is 0.0225. The molecule has 1 saturated heterocycles. The largest absolute Gasteiger partial charge is 0.313 e. The Hall–Kier alpha value is -1.16. The normalized spacial score (nSPS) is 24.8. The van der Waals surface area contributed by atoms with Crippen molar-refractivity contribution in [3.8, 4) is 0 Å². The van der Waals surface area contributed by atoms with Crippen LogP contribution in [0.1, 0.15) is 33.1 Å². The van der Waals surface area contributed by atoms with Gasteiger partial charge in [-0.05, 0) is 18.4 Å². The minimum atomic E-state index is -0.173. The number of nitrogens with zero attached hydrogens (tertiary/aromatic N) is 1. The molecule has 1 N–H and O–H groups in total. The number of hydrogen-bond donors (Lipinski definition) is 1. The van der Waals surface area contributed by atoms with Crippen LogP contribution in [0.4, 0.5) is 0 Å². The average molecular weight is 236 g/mol. The maximum atomic E-state index is 12.0. The molecule has 0 aromatic rings. The van der Waals surface area contributed by atoms with E-state index in [2.05, 4.69) is 11.4 Å². The van der Waals surface area contributed by atoms with Gasteiger partial charge in [-0.2, -0.15) is 0 Å². The van der Waals surface area contributed by atoms with Crippen molar-refractivity contribution in [3.05, 3.63) is 11.6 Å². The third-order valence-corrected chi connectivity index (χ3v) is 3.38. The van der Waals surface area contributed by atoms with Crippen molar-refractivity contribution in [2.75, 3.05) is 19.6 Å². The van der Waals surface area contributed by atoms with Crippen LogP contribution < -0.4 is 5.32 Å². The highest BCUT2D eigenvalue weighted by molar-refractivity contribution is 5.98. The molecule has 0 aromatic heterocycles. The number of carbonyl (C=O) groups excluding carboxylic acids is 2. The van der Waals surface area contributed by atoms with E-state index in [0.29, 0.717) is 19.4 Å². The number of rotatable bonds is 2. The van der Waals surface area contributed by atoms with E-state index in [-0.39, 0.29) is 17.2 Å². The van der Waals surface area contributed by atoms with Gasteiger partial charge in [0, 0.05) is 25.9 Å². The summed E-state index contributed by atoms with van der Waals surface area (Å²) in [4.78, 5) is 25.3. The summed E-state index contributed by atoms with van der Waals surface area (Å²) in [6.45, 7) is 6.23. The molecule has 2 aliphatic heterocycles. The molecule has 0 aromatic carbocycles. The SMILES string of the molecule is CC1(C)CC(=O)N(CC2=CCNCC2)C(=O)C1. The molecule has 2 aliphatic rings. The lowest BCUT2D eigenvalue weighted by Crippen LogP contribution is -2.47. The molecule has 17 heavy (non-hydrogen) atoms. The summed E-state index contributed by atoms with van der Waals surface area (Å²) < 4.78 is 0. The van der Waals surface area contributed by atoms with Gasteiger partial charge in [0.05, 0.1) is 0 Å². The smallest absolute Gasteiger partial charge is 0.230 e. The Balaban J connectivity index is 2.03. The Morgan fingerprint density at radius 2 is 1.94 bits per heavy atom. The number of piperidine rings is 1. The first-order valence-corrected chi connectivity index (χ1v) is 6.20. The van der Waals surface area contributed by atoms with Crippen LogP contribution in [0.5, 0.6) is 0 Å². The molecule has 2 amide bonds. The zero-order valence-corrected chi connectivity index (χ0v) is 10.6. The van der Waals surface area contributed by atoms with E-state index in [1.54, 1.807) is 0 Å². The van der Waals surface area contributed by atoms with E-state index >= 15 is 0 Å². The molecular weight excluding hydrogens is 216 g/mol. The highest BCUT2D eigenvalue weighted by Crippen LogP contribution is 2.31. The third-order valence-electron chi connectivity index (χ3n) is 3.38. The number of amides is 2. The van der Waals surface area contributed by atoms with Gasteiger partial charge in [0.2, 0.25) is 11.8 Å². The van der Waals surface area contributed by atoms with Crippen LogP contribution in [-0.4, -0.2) is 36.3 Å². The fourth-order valence-electron chi connectivity index (χ4n) is 2.40. The van der Waals surface area contributed by atoms with Crippen LogP contribution in [0.3, 0.4) is 0 Å². The van der Waals surface area contributed by atoms with Crippen molar-refractivity contribution < 1.29 is 9.59 Å². The maximum absolute atomic E-state index is 12.0. The van der Waals surface area contributed by atoms with Gasteiger partial charge < -0.3 is 5.32 Å². The molecule has 2 heterocycles. The summed E-state index contributed by atoms with van der Waals surface area (Å²) in [7, 11) is 0. The van der Waals surface area contributed by atoms with E-state index in [4.69, 9.17) is 0 Å². The zero-order chi connectivity index (χ0) is 12.5. The first-order chi connectivity index (χ1) is 7.98. The van der Waals surface area contributed by atoms with E-state index < -0.39 is 0 Å². The minimum Gasteiger partial charge on any atom is -0.313 e. The first-order valence-electron chi connectivity index (χ1n) is 6.20. The summed E-state index contributed by atoms with van der Waals surface area (Å²) in [5.74, 6) is -0.0450. The molecule has 0 bridgehead atoms. The number of carbonyl (C=O) groups is 2. The van der Waals surface area contributed by atoms with Gasteiger partial charge in [-0.3, -0.25) is 14.5 Å². The van der Waals surface area contributed by atoms with Crippen LogP contribution in [0.15, 0.2) is 11.6 Å². The van der Waals surface area contributed by atoms with Crippen molar-refractivity contribution in [1.29, 1.82) is 0 Å². The van der Waals surface area contributed by atoms with Gasteiger partial charge in [-0.25, -0.2) is 0 Å². The van der Waals surface area contributed by atoms with Crippen LogP contribution >= 0.6 is 0 Å². The Morgan fingerprint density at radius 1 is 1.29 bits per heavy atom. The molecule has 2 rings (SSSR count). The molecule has 0 aliphatic carbocycles. The van der Waals surface area contributed by atoms with Gasteiger partial charge >= 0.3 is 0 Å². The fourth-order valence-corrected chi connectivity index (χ4v) is 2.40. The van der Waals surface area contributed by atoms with Crippen LogP contribution in [-0.2, 0) is 9.59 Å². The van der Waals surface area contributed by atoms with Gasteiger partial charge in [-0.15, -0.1) is 0 Å². The molecular formula is C13H20N2O2. The lowest BCUT2D eigenvalue weighted by Gasteiger charge is -2.35. The van der Waals surface area contributed by atoms with Crippen molar-refractivity contribution in [2.45, 2.75) is 33.1 Å². The lowest BCUT2D eigenvalue weighted by atomic mass is 9.81. The van der Waals surface area contributed by atoms with Crippen molar-refractivity contribution in [1.82, 2.24) is 10.2 Å². The van der Waals surface area contributed by atoms with Gasteiger partial charge in [0.25, 0.3) is 0 Å². The predicted molar refractivity (Wildman–Crippen MR) is 65.3 cm³/mol. The van der Waals surface area contributed by atoms with Gasteiger partial charge in [0.15, 0.2) is 0 Å². The molecule has 0 spiro atoms. The van der Waals surface area contributed by atoms with Gasteiger partial charge in [-0.1, -0.05) is 25.5 Å². The summed E-state index contributed by atoms with van der Waals surface area (Å²) in [5, 5.41) is 3.22. The summed E-state index contributed by atoms with van der Waals surface area (Å²) in [5.41, 5.74) is 1.03. The predicted octanol–water partition coefficient (Wildman–Crippen LogP) is 1.08. The van der Waals surface area contributed by atoms with Crippen LogP contribution in [0.25, 0.3) is 0 Å². The topological polar surface area (TPSA) is 49.4 Å². The lowest BCUT2D eigenvalue weighted by molar-refractivity contribution is -0.151. The first kappa shape index (κ1) is 12.3. The Kier molecular flexibility index (Phi) is 3.33. The number of likely N-dealkylation sites (tertiary alicyclic amines) is 1. The molecule has 4 nitrogen and oxygen atoms in total. The molecule has 94 valence electrons. The highest BCUT2D eigenvalue weighted by Gasteiger charge is 2.37. The van der Waals surface area contributed by atoms with Crippen LogP contribution in [0.2, 0.25) is 0 Å². The summed E-state index contributed by atoms with van der Waals surface area (Å²) in [6, 6.07) is 0. The summed E-state index contributed by atoms with van der Waals surface area (Å²) >= 11 is 0. The molecule has 4 heteroatoms. The second-order valence-electron chi connectivity index (χ2n) is 5.71. The standard InChI is InChI=1S/C13H20N2O2/c1-13(2)7-11(16)15(12(17)8-13)9-10-3-5-14-6-4-10/h3,14H,4-9H2,1-2H3. The van der Waals surface area contributed by atoms with E-state index in [1.807, 2.05) is 13.8 Å². The highest BCUT2D eigenvalue weighted by atomic mass is 16.2. The quantitative estimate of drug-likeness (QED) is 0.576. The van der Waals surface area contributed by atoms with Gasteiger partial charge in [0.1, 0.15) is 0 Å². The van der Waals surface area contributed by atoms with E-state index in [1.165, 1.54) is 10.5 Å². The number of nitrogens with one attached hydrogen (secondary N) is 1. The van der Waals surface area contributed by atoms with E-state index in [9.17, 15) is 9.59 Å². The molecule has 0 unspecified atom stereocenters. The Labute approximate surface area is 102 Å². The number of hydrogen-bond acceptors (Lipinski definition) is 3.